The first-order chi connectivity index (χ1) is 16.9. The molecule has 0 bridgehead atoms. The molecule has 1 aliphatic rings. The van der Waals surface area contributed by atoms with Crippen molar-refractivity contribution in [3.63, 3.8) is 0 Å². The fourth-order valence-electron chi connectivity index (χ4n) is 5.22. The molecule has 1 fully saturated rings. The fourth-order valence-corrected chi connectivity index (χ4v) is 6.54. The molecule has 1 saturated carbocycles. The zero-order chi connectivity index (χ0) is 24.2. The summed E-state index contributed by atoms with van der Waals surface area (Å²) in [6.45, 7) is 1.70. The Kier molecular flexibility index (Phi) is 5.19. The van der Waals surface area contributed by atoms with E-state index >= 15 is 0 Å². The number of rotatable bonds is 5. The maximum atomic E-state index is 13.3. The average Bonchev–Trinajstić information content (AvgIpc) is 3.62. The molecule has 4 aromatic heterocycles. The van der Waals surface area contributed by atoms with E-state index in [0.717, 1.165) is 31.2 Å². The highest BCUT2D eigenvalue weighted by molar-refractivity contribution is 7.90. The number of hydrogen-bond acceptors (Lipinski definition) is 7. The molecule has 0 amide bonds. The van der Waals surface area contributed by atoms with Crippen molar-refractivity contribution in [3.05, 3.63) is 67.3 Å². The van der Waals surface area contributed by atoms with Crippen LogP contribution in [-0.2, 0) is 10.0 Å². The van der Waals surface area contributed by atoms with Crippen LogP contribution in [0.4, 0.5) is 0 Å². The minimum Gasteiger partial charge on any atom is -0.385 e. The number of aromatic nitrogens is 7. The zero-order valence-corrected chi connectivity index (χ0v) is 20.0. The van der Waals surface area contributed by atoms with E-state index in [4.69, 9.17) is 4.98 Å². The topological polar surface area (TPSA) is 121 Å². The second kappa shape index (κ2) is 8.28. The van der Waals surface area contributed by atoms with Crippen molar-refractivity contribution in [2.45, 2.75) is 55.7 Å². The average molecular weight is 492 g/mol. The van der Waals surface area contributed by atoms with Gasteiger partial charge in [-0.25, -0.2) is 32.0 Å². The van der Waals surface area contributed by atoms with E-state index in [1.807, 2.05) is 4.68 Å². The number of imidazole rings is 1. The van der Waals surface area contributed by atoms with E-state index in [2.05, 4.69) is 19.6 Å². The molecule has 11 heteroatoms. The van der Waals surface area contributed by atoms with Crippen molar-refractivity contribution in [1.82, 2.24) is 33.3 Å². The predicted molar refractivity (Wildman–Crippen MR) is 129 cm³/mol. The van der Waals surface area contributed by atoms with Crippen LogP contribution in [-0.4, -0.2) is 46.8 Å². The van der Waals surface area contributed by atoms with Gasteiger partial charge in [-0.1, -0.05) is 18.2 Å². The summed E-state index contributed by atoms with van der Waals surface area (Å²) in [5.74, 6) is 0.567. The van der Waals surface area contributed by atoms with Gasteiger partial charge in [0.25, 0.3) is 10.0 Å². The number of aliphatic hydroxyl groups is 1. The molecule has 1 aromatic carbocycles. The summed E-state index contributed by atoms with van der Waals surface area (Å²) in [7, 11) is -3.81. The third kappa shape index (κ3) is 3.53. The monoisotopic (exact) mass is 491 g/mol. The van der Waals surface area contributed by atoms with Crippen molar-refractivity contribution in [2.24, 2.45) is 0 Å². The lowest BCUT2D eigenvalue weighted by Gasteiger charge is -2.31. The van der Waals surface area contributed by atoms with Crippen LogP contribution in [0, 0.1) is 0 Å². The second-order valence-corrected chi connectivity index (χ2v) is 10.8. The highest BCUT2D eigenvalue weighted by Gasteiger charge is 2.30. The van der Waals surface area contributed by atoms with E-state index in [-0.39, 0.29) is 17.0 Å². The van der Waals surface area contributed by atoms with Crippen molar-refractivity contribution >= 4 is 32.1 Å². The molecule has 180 valence electrons. The van der Waals surface area contributed by atoms with Crippen molar-refractivity contribution in [2.75, 3.05) is 0 Å². The molecule has 35 heavy (non-hydrogen) atoms. The molecule has 0 spiro atoms. The summed E-state index contributed by atoms with van der Waals surface area (Å²) in [6.07, 6.45) is 9.27. The number of hydrogen-bond donors (Lipinski definition) is 1. The lowest BCUT2D eigenvalue weighted by Crippen LogP contribution is -2.23. The molecule has 0 radical (unpaired) electrons. The Morgan fingerprint density at radius 1 is 1.06 bits per heavy atom. The molecular weight excluding hydrogens is 466 g/mol. The predicted octanol–water partition coefficient (Wildman–Crippen LogP) is 3.62. The number of pyridine rings is 1. The lowest BCUT2D eigenvalue weighted by atomic mass is 9.90. The van der Waals surface area contributed by atoms with E-state index in [1.54, 1.807) is 68.4 Å². The number of nitrogens with zero attached hydrogens (tertiary/aromatic N) is 7. The van der Waals surface area contributed by atoms with Crippen molar-refractivity contribution in [3.8, 4) is 0 Å². The maximum Gasteiger partial charge on any atom is 0.269 e. The molecule has 6 rings (SSSR count). The van der Waals surface area contributed by atoms with Gasteiger partial charge < -0.3 is 9.67 Å². The SMILES string of the molecule is C[C@@H](O)c1nc2cnc3c(ccn3S(=O)(=O)c3ccccc3)c2n1C1CCC(n2cncn2)CC1. The second-order valence-electron chi connectivity index (χ2n) is 9.01. The van der Waals surface area contributed by atoms with Gasteiger partial charge in [-0.15, -0.1) is 0 Å². The summed E-state index contributed by atoms with van der Waals surface area (Å²) in [5, 5.41) is 15.6. The van der Waals surface area contributed by atoms with Crippen LogP contribution in [0.3, 0.4) is 0 Å². The highest BCUT2D eigenvalue weighted by Crippen LogP contribution is 2.39. The van der Waals surface area contributed by atoms with Crippen LogP contribution < -0.4 is 0 Å². The Hall–Kier alpha value is -3.57. The van der Waals surface area contributed by atoms with Gasteiger partial charge in [0.15, 0.2) is 5.65 Å². The van der Waals surface area contributed by atoms with Gasteiger partial charge in [-0.05, 0) is 50.8 Å². The van der Waals surface area contributed by atoms with Crippen LogP contribution in [0.1, 0.15) is 56.6 Å². The molecule has 10 nitrogen and oxygen atoms in total. The summed E-state index contributed by atoms with van der Waals surface area (Å²) >= 11 is 0. The number of benzene rings is 1. The van der Waals surface area contributed by atoms with E-state index in [1.165, 1.54) is 3.97 Å². The molecule has 1 N–H and O–H groups in total. The van der Waals surface area contributed by atoms with E-state index in [0.29, 0.717) is 22.4 Å². The smallest absolute Gasteiger partial charge is 0.269 e. The minimum atomic E-state index is -3.81. The number of aliphatic hydroxyl groups excluding tert-OH is 1. The van der Waals surface area contributed by atoms with Gasteiger partial charge in [0, 0.05) is 17.6 Å². The molecule has 0 unspecified atom stereocenters. The van der Waals surface area contributed by atoms with Crippen LogP contribution in [0.15, 0.2) is 66.3 Å². The minimum absolute atomic E-state index is 0.115. The Labute approximate surface area is 201 Å². The van der Waals surface area contributed by atoms with Gasteiger partial charge >= 0.3 is 0 Å². The molecule has 5 aromatic rings. The third-order valence-corrected chi connectivity index (χ3v) is 8.55. The van der Waals surface area contributed by atoms with Crippen LogP contribution >= 0.6 is 0 Å². The number of fused-ring (bicyclic) bond motifs is 3. The van der Waals surface area contributed by atoms with Gasteiger partial charge in [0.05, 0.1) is 22.7 Å². The highest BCUT2D eigenvalue weighted by atomic mass is 32.2. The third-order valence-electron chi connectivity index (χ3n) is 6.87. The van der Waals surface area contributed by atoms with Gasteiger partial charge in [0.2, 0.25) is 0 Å². The van der Waals surface area contributed by atoms with Crippen LogP contribution in [0.2, 0.25) is 0 Å². The molecule has 1 aliphatic carbocycles. The Balaban J connectivity index is 1.47. The molecule has 0 saturated heterocycles. The van der Waals surface area contributed by atoms with E-state index in [9.17, 15) is 13.5 Å². The first-order valence-corrected chi connectivity index (χ1v) is 13.1. The lowest BCUT2D eigenvalue weighted by molar-refractivity contribution is 0.174. The van der Waals surface area contributed by atoms with Gasteiger partial charge in [-0.3, -0.25) is 0 Å². The quantitative estimate of drug-likeness (QED) is 0.398. The van der Waals surface area contributed by atoms with Gasteiger partial charge in [-0.2, -0.15) is 5.10 Å². The fraction of sp³-hybridized carbons (Fsp3) is 0.333. The molecular formula is C24H25N7O3S. The Morgan fingerprint density at radius 3 is 2.49 bits per heavy atom. The van der Waals surface area contributed by atoms with E-state index < -0.39 is 16.1 Å². The molecule has 0 aliphatic heterocycles. The summed E-state index contributed by atoms with van der Waals surface area (Å²) in [4.78, 5) is 13.4. The van der Waals surface area contributed by atoms with Gasteiger partial charge in [0.1, 0.15) is 30.1 Å². The molecule has 4 heterocycles. The molecule has 1 atom stereocenters. The maximum absolute atomic E-state index is 13.3. The first-order valence-electron chi connectivity index (χ1n) is 11.7. The van der Waals surface area contributed by atoms with Crippen LogP contribution in [0.5, 0.6) is 0 Å². The largest absolute Gasteiger partial charge is 0.385 e. The Morgan fingerprint density at radius 2 is 1.80 bits per heavy atom. The van der Waals surface area contributed by atoms with Crippen LogP contribution in [0.25, 0.3) is 22.1 Å². The standard InChI is InChI=1S/C24H25N7O3S/c1-16(32)23-28-21-13-26-24-20(11-12-30(24)35(33,34)19-5-3-2-4-6-19)22(21)31(23)18-9-7-17(8-10-18)29-15-25-14-27-29/h2-6,11-18,32H,7-10H2,1H3/t16-,17?,18?/m1/s1. The summed E-state index contributed by atoms with van der Waals surface area (Å²) < 4.78 is 31.9. The Bertz CT molecular complexity index is 1600. The zero-order valence-electron chi connectivity index (χ0n) is 19.1. The van der Waals surface area contributed by atoms with Crippen molar-refractivity contribution in [1.29, 1.82) is 0 Å². The van der Waals surface area contributed by atoms with Crippen molar-refractivity contribution < 1.29 is 13.5 Å². The first kappa shape index (κ1) is 21.9. The summed E-state index contributed by atoms with van der Waals surface area (Å²) in [5.41, 5.74) is 1.79. The normalized spacial score (nSPS) is 19.9. The summed E-state index contributed by atoms with van der Waals surface area (Å²) in [6, 6.07) is 10.5.